The zero-order chi connectivity index (χ0) is 29.1. The molecule has 2 saturated carbocycles. The van der Waals surface area contributed by atoms with Crippen LogP contribution in [0, 0.1) is 16.2 Å². The SMILES string of the molecule is COc1ccc(C(=O)NC2CCN(C(=O)[C@@H](NC(=O)C3(CN(O)C=O)CC4(CCCC4)C3)C(C)(C)C)CC2)cc1. The first kappa shape index (κ1) is 29.8. The smallest absolute Gasteiger partial charge is 0.251 e. The maximum atomic E-state index is 13.7. The van der Waals surface area contributed by atoms with Gasteiger partial charge in [0.05, 0.1) is 19.1 Å². The summed E-state index contributed by atoms with van der Waals surface area (Å²) in [5.41, 5.74) is -0.801. The van der Waals surface area contributed by atoms with Crippen LogP contribution in [0.25, 0.3) is 0 Å². The highest BCUT2D eigenvalue weighted by Crippen LogP contribution is 2.62. The van der Waals surface area contributed by atoms with Crippen molar-refractivity contribution in [2.24, 2.45) is 16.2 Å². The highest BCUT2D eigenvalue weighted by atomic mass is 16.5. The second-order valence-electron chi connectivity index (χ2n) is 13.1. The van der Waals surface area contributed by atoms with Gasteiger partial charge in [-0.1, -0.05) is 33.6 Å². The fourth-order valence-corrected chi connectivity index (χ4v) is 6.92. The third-order valence-corrected chi connectivity index (χ3v) is 9.04. The minimum absolute atomic E-state index is 0.0546. The summed E-state index contributed by atoms with van der Waals surface area (Å²) in [4.78, 5) is 53.1. The molecule has 3 fully saturated rings. The maximum absolute atomic E-state index is 13.7. The van der Waals surface area contributed by atoms with E-state index in [1.54, 1.807) is 36.3 Å². The molecule has 0 aromatic heterocycles. The van der Waals surface area contributed by atoms with E-state index in [9.17, 15) is 24.4 Å². The summed E-state index contributed by atoms with van der Waals surface area (Å²) < 4.78 is 5.15. The first-order chi connectivity index (χ1) is 18.9. The van der Waals surface area contributed by atoms with Crippen LogP contribution in [0.15, 0.2) is 24.3 Å². The molecule has 1 spiro atoms. The largest absolute Gasteiger partial charge is 0.497 e. The van der Waals surface area contributed by atoms with E-state index in [0.29, 0.717) is 61.6 Å². The number of rotatable bonds is 9. The third-order valence-electron chi connectivity index (χ3n) is 9.04. The fourth-order valence-electron chi connectivity index (χ4n) is 6.92. The molecule has 1 saturated heterocycles. The minimum Gasteiger partial charge on any atom is -0.497 e. The van der Waals surface area contributed by atoms with E-state index in [1.165, 1.54) is 0 Å². The summed E-state index contributed by atoms with van der Waals surface area (Å²) >= 11 is 0. The Hall–Kier alpha value is -3.14. The molecule has 0 radical (unpaired) electrons. The van der Waals surface area contributed by atoms with Gasteiger partial charge in [-0.2, -0.15) is 0 Å². The van der Waals surface area contributed by atoms with Crippen LogP contribution in [-0.4, -0.2) is 78.1 Å². The van der Waals surface area contributed by atoms with Crippen molar-refractivity contribution in [1.82, 2.24) is 20.6 Å². The van der Waals surface area contributed by atoms with Gasteiger partial charge in [0.15, 0.2) is 0 Å². The Labute approximate surface area is 236 Å². The van der Waals surface area contributed by atoms with Gasteiger partial charge in [0.2, 0.25) is 18.2 Å². The van der Waals surface area contributed by atoms with Gasteiger partial charge in [-0.15, -0.1) is 0 Å². The van der Waals surface area contributed by atoms with Crippen molar-refractivity contribution >= 4 is 24.1 Å². The van der Waals surface area contributed by atoms with Crippen LogP contribution >= 0.6 is 0 Å². The molecular formula is C30H44N4O6. The molecule has 3 aliphatic rings. The maximum Gasteiger partial charge on any atom is 0.251 e. The zero-order valence-corrected chi connectivity index (χ0v) is 24.2. The lowest BCUT2D eigenvalue weighted by atomic mass is 9.51. The second kappa shape index (κ2) is 11.8. The quantitative estimate of drug-likeness (QED) is 0.244. The van der Waals surface area contributed by atoms with Gasteiger partial charge in [-0.25, -0.2) is 5.06 Å². The molecule has 1 aliphatic heterocycles. The molecule has 1 atom stereocenters. The molecule has 0 unspecified atom stereocenters. The molecule has 1 aromatic carbocycles. The lowest BCUT2D eigenvalue weighted by Crippen LogP contribution is -2.64. The number of ether oxygens (including phenoxy) is 1. The summed E-state index contributed by atoms with van der Waals surface area (Å²) in [7, 11) is 1.58. The number of likely N-dealkylation sites (tertiary alicyclic amines) is 1. The van der Waals surface area contributed by atoms with Crippen molar-refractivity contribution in [2.75, 3.05) is 26.7 Å². The van der Waals surface area contributed by atoms with E-state index < -0.39 is 16.9 Å². The standard InChI is InChI=1S/C30H44N4O6/c1-28(2,3)24(32-27(38)30(19-34(39)20-35)17-29(18-30)13-5-6-14-29)26(37)33-15-11-22(12-16-33)31-25(36)21-7-9-23(40-4)10-8-21/h7-10,20,22,24,39H,5-6,11-19H2,1-4H3,(H,31,36)(H,32,38)/t24-/m1/s1. The summed E-state index contributed by atoms with van der Waals surface area (Å²) in [6, 6.07) is 6.12. The van der Waals surface area contributed by atoms with Crippen LogP contribution in [0.1, 0.15) is 82.5 Å². The Morgan fingerprint density at radius 2 is 1.73 bits per heavy atom. The van der Waals surface area contributed by atoms with Crippen LogP contribution in [-0.2, 0) is 14.4 Å². The molecule has 4 amide bonds. The highest BCUT2D eigenvalue weighted by molar-refractivity contribution is 5.94. The van der Waals surface area contributed by atoms with E-state index in [0.717, 1.165) is 25.7 Å². The number of carbonyl (C=O) groups is 4. The predicted molar refractivity (Wildman–Crippen MR) is 149 cm³/mol. The molecule has 4 rings (SSSR count). The molecule has 40 heavy (non-hydrogen) atoms. The molecule has 1 heterocycles. The molecular weight excluding hydrogens is 512 g/mol. The predicted octanol–water partition coefficient (Wildman–Crippen LogP) is 3.14. The molecule has 1 aromatic rings. The van der Waals surface area contributed by atoms with Crippen molar-refractivity contribution in [1.29, 1.82) is 0 Å². The molecule has 2 aliphatic carbocycles. The third kappa shape index (κ3) is 6.43. The van der Waals surface area contributed by atoms with Crippen molar-refractivity contribution in [2.45, 2.75) is 84.2 Å². The molecule has 0 bridgehead atoms. The average Bonchev–Trinajstić information content (AvgIpc) is 3.40. The van der Waals surface area contributed by atoms with E-state index >= 15 is 0 Å². The summed E-state index contributed by atoms with van der Waals surface area (Å²) in [6.07, 6.45) is 7.16. The zero-order valence-electron chi connectivity index (χ0n) is 24.2. The number of benzene rings is 1. The van der Waals surface area contributed by atoms with Crippen LogP contribution < -0.4 is 15.4 Å². The van der Waals surface area contributed by atoms with E-state index in [1.807, 2.05) is 20.8 Å². The number of methoxy groups -OCH3 is 1. The monoisotopic (exact) mass is 556 g/mol. The van der Waals surface area contributed by atoms with E-state index in [2.05, 4.69) is 10.6 Å². The molecule has 10 heteroatoms. The second-order valence-corrected chi connectivity index (χ2v) is 13.1. The topological polar surface area (TPSA) is 128 Å². The van der Waals surface area contributed by atoms with Gasteiger partial charge in [-0.3, -0.25) is 24.4 Å². The van der Waals surface area contributed by atoms with Gasteiger partial charge >= 0.3 is 0 Å². The highest BCUT2D eigenvalue weighted by Gasteiger charge is 2.60. The lowest BCUT2D eigenvalue weighted by Gasteiger charge is -2.55. The van der Waals surface area contributed by atoms with Crippen LogP contribution in [0.2, 0.25) is 0 Å². The van der Waals surface area contributed by atoms with Crippen molar-refractivity contribution in [3.8, 4) is 5.75 Å². The number of carbonyl (C=O) groups excluding carboxylic acids is 4. The van der Waals surface area contributed by atoms with Gasteiger partial charge in [0.1, 0.15) is 11.8 Å². The molecule has 220 valence electrons. The Morgan fingerprint density at radius 1 is 1.12 bits per heavy atom. The number of nitrogens with zero attached hydrogens (tertiary/aromatic N) is 2. The fraction of sp³-hybridized carbons (Fsp3) is 0.667. The normalized spacial score (nSPS) is 20.8. The van der Waals surface area contributed by atoms with E-state index in [-0.39, 0.29) is 35.7 Å². The van der Waals surface area contributed by atoms with Crippen LogP contribution in [0.5, 0.6) is 5.75 Å². The number of hydroxylamine groups is 2. The van der Waals surface area contributed by atoms with Gasteiger partial charge in [0.25, 0.3) is 5.91 Å². The van der Waals surface area contributed by atoms with Crippen molar-refractivity contribution in [3.63, 3.8) is 0 Å². The summed E-state index contributed by atoms with van der Waals surface area (Å²) in [5, 5.41) is 16.7. The van der Waals surface area contributed by atoms with Gasteiger partial charge in [-0.05, 0) is 73.6 Å². The molecule has 10 nitrogen and oxygen atoms in total. The first-order valence-electron chi connectivity index (χ1n) is 14.4. The number of hydrogen-bond donors (Lipinski definition) is 3. The Kier molecular flexibility index (Phi) is 8.77. The summed E-state index contributed by atoms with van der Waals surface area (Å²) in [6.45, 7) is 6.64. The number of hydrogen-bond acceptors (Lipinski definition) is 6. The lowest BCUT2D eigenvalue weighted by molar-refractivity contribution is -0.179. The Balaban J connectivity index is 1.37. The van der Waals surface area contributed by atoms with E-state index in [4.69, 9.17) is 4.74 Å². The summed E-state index contributed by atoms with van der Waals surface area (Å²) in [5.74, 6) is 0.0943. The van der Waals surface area contributed by atoms with Crippen molar-refractivity contribution in [3.05, 3.63) is 29.8 Å². The molecule has 3 N–H and O–H groups in total. The number of amides is 4. The van der Waals surface area contributed by atoms with Crippen molar-refractivity contribution < 1.29 is 29.1 Å². The minimum atomic E-state index is -0.900. The van der Waals surface area contributed by atoms with Gasteiger partial charge < -0.3 is 20.3 Å². The van der Waals surface area contributed by atoms with Crippen LogP contribution in [0.3, 0.4) is 0 Å². The average molecular weight is 557 g/mol. The Bertz CT molecular complexity index is 1080. The van der Waals surface area contributed by atoms with Crippen LogP contribution in [0.4, 0.5) is 0 Å². The van der Waals surface area contributed by atoms with Gasteiger partial charge in [0, 0.05) is 24.7 Å². The Morgan fingerprint density at radius 3 is 2.25 bits per heavy atom. The first-order valence-corrected chi connectivity index (χ1v) is 14.4. The number of piperidine rings is 1. The number of nitrogens with one attached hydrogen (secondary N) is 2.